The molecule has 3 heterocycles. The Bertz CT molecular complexity index is 1670. The van der Waals surface area contributed by atoms with Crippen molar-refractivity contribution in [3.05, 3.63) is 88.5 Å². The second kappa shape index (κ2) is 19.9. The van der Waals surface area contributed by atoms with Crippen LogP contribution in [0, 0.1) is 11.2 Å². The lowest BCUT2D eigenvalue weighted by molar-refractivity contribution is -0.130. The zero-order valence-corrected chi connectivity index (χ0v) is 30.7. The van der Waals surface area contributed by atoms with Crippen molar-refractivity contribution in [2.75, 3.05) is 51.4 Å². The maximum atomic E-state index is 13.8. The summed E-state index contributed by atoms with van der Waals surface area (Å²) in [4.78, 5) is 51.2. The first kappa shape index (κ1) is 39.5. The Labute approximate surface area is 313 Å². The molecule has 13 nitrogen and oxygen atoms in total. The summed E-state index contributed by atoms with van der Waals surface area (Å²) in [5.41, 5.74) is 3.08. The molecule has 0 radical (unpaired) electrons. The Morgan fingerprint density at radius 2 is 1.70 bits per heavy atom. The number of anilines is 1. The van der Waals surface area contributed by atoms with Gasteiger partial charge in [-0.25, -0.2) is 9.18 Å². The molecule has 1 unspecified atom stereocenters. The molecule has 0 spiro atoms. The number of hydrogen-bond donors (Lipinski definition) is 6. The molecule has 0 saturated carbocycles. The number of carbonyl (C=O) groups is 4. The van der Waals surface area contributed by atoms with E-state index in [1.165, 1.54) is 12.1 Å². The van der Waals surface area contributed by atoms with Crippen molar-refractivity contribution in [1.29, 1.82) is 5.41 Å². The number of carbonyl (C=O) groups excluding carboxylic acids is 4. The molecule has 2 aromatic rings. The minimum atomic E-state index is -0.507. The largest absolute Gasteiger partial charge is 0.379 e. The number of hydrogen-bond acceptors (Lipinski definition) is 9. The average Bonchev–Trinajstić information content (AvgIpc) is 3.71. The van der Waals surface area contributed by atoms with Gasteiger partial charge in [0.05, 0.1) is 44.7 Å². The molecule has 284 valence electrons. The smallest absolute Gasteiger partial charge is 0.319 e. The van der Waals surface area contributed by atoms with E-state index < -0.39 is 11.7 Å². The van der Waals surface area contributed by atoms with Crippen LogP contribution in [-0.2, 0) is 23.9 Å². The lowest BCUT2D eigenvalue weighted by Crippen LogP contribution is -2.43. The highest BCUT2D eigenvalue weighted by atomic mass is 32.2. The molecular weight excluding hydrogens is 702 g/mol. The quantitative estimate of drug-likeness (QED) is 0.0807. The van der Waals surface area contributed by atoms with Crippen LogP contribution in [0.4, 0.5) is 14.9 Å². The fourth-order valence-corrected chi connectivity index (χ4v) is 7.66. The van der Waals surface area contributed by atoms with Gasteiger partial charge >= 0.3 is 6.03 Å². The molecule has 5 amide bonds. The first-order valence-corrected chi connectivity index (χ1v) is 19.0. The van der Waals surface area contributed by atoms with Crippen molar-refractivity contribution in [2.24, 2.45) is 0 Å². The van der Waals surface area contributed by atoms with Gasteiger partial charge in [0.1, 0.15) is 11.6 Å². The molecule has 2 aromatic carbocycles. The summed E-state index contributed by atoms with van der Waals surface area (Å²) in [5, 5.41) is 26.1. The number of fused-ring (bicyclic) bond motifs is 1. The average molecular weight is 750 g/mol. The number of ether oxygens (including phenoxy) is 2. The molecule has 1 saturated heterocycles. The topological polar surface area (TPSA) is 174 Å². The zero-order valence-electron chi connectivity index (χ0n) is 29.9. The summed E-state index contributed by atoms with van der Waals surface area (Å²) >= 11 is 1.72. The number of nitrogens with one attached hydrogen (secondary N) is 6. The fourth-order valence-electron chi connectivity index (χ4n) is 6.46. The van der Waals surface area contributed by atoms with Gasteiger partial charge in [0, 0.05) is 60.5 Å². The molecular formula is C38H48FN7O6S. The lowest BCUT2D eigenvalue weighted by atomic mass is 9.82. The van der Waals surface area contributed by atoms with E-state index in [0.29, 0.717) is 54.9 Å². The summed E-state index contributed by atoms with van der Waals surface area (Å²) in [7, 11) is 0. The van der Waals surface area contributed by atoms with Crippen LogP contribution in [0.2, 0.25) is 0 Å². The molecule has 15 heteroatoms. The van der Waals surface area contributed by atoms with E-state index >= 15 is 0 Å². The van der Waals surface area contributed by atoms with Crippen LogP contribution in [0.3, 0.4) is 0 Å². The van der Waals surface area contributed by atoms with Gasteiger partial charge in [0.25, 0.3) is 0 Å². The third-order valence-electron chi connectivity index (χ3n) is 9.14. The summed E-state index contributed by atoms with van der Waals surface area (Å²) in [6.07, 6.45) is 3.22. The molecule has 53 heavy (non-hydrogen) atoms. The lowest BCUT2D eigenvalue weighted by Gasteiger charge is -2.37. The van der Waals surface area contributed by atoms with Crippen molar-refractivity contribution in [1.82, 2.24) is 26.2 Å². The molecule has 0 bridgehead atoms. The van der Waals surface area contributed by atoms with Crippen molar-refractivity contribution in [2.45, 2.75) is 62.7 Å². The van der Waals surface area contributed by atoms with Gasteiger partial charge in [-0.1, -0.05) is 36.8 Å². The second-order valence-corrected chi connectivity index (χ2v) is 14.0. The van der Waals surface area contributed by atoms with E-state index in [4.69, 9.17) is 14.9 Å². The van der Waals surface area contributed by atoms with E-state index in [0.717, 1.165) is 30.6 Å². The number of rotatable bonds is 21. The third kappa shape index (κ3) is 11.4. The summed E-state index contributed by atoms with van der Waals surface area (Å²) < 4.78 is 24.9. The van der Waals surface area contributed by atoms with E-state index in [9.17, 15) is 23.6 Å². The van der Waals surface area contributed by atoms with Gasteiger partial charge < -0.3 is 41.5 Å². The van der Waals surface area contributed by atoms with Crippen molar-refractivity contribution >= 4 is 46.9 Å². The molecule has 0 aliphatic carbocycles. The predicted molar refractivity (Wildman–Crippen MR) is 202 cm³/mol. The molecule has 3 atom stereocenters. The SMILES string of the molecule is CCN1C(=O)C[C@@H](c2ccc(F)cc2)C(C(=N)CNC(=O)CCOCCOCCNC(=O)CCCC[C@@H]2SC=C3NC(=O)NC32)=C1Nc1ccccc1. The van der Waals surface area contributed by atoms with Crippen molar-refractivity contribution in [3.63, 3.8) is 0 Å². The number of nitrogens with zero attached hydrogens (tertiary/aromatic N) is 1. The van der Waals surface area contributed by atoms with Crippen LogP contribution in [0.15, 0.2) is 77.1 Å². The summed E-state index contributed by atoms with van der Waals surface area (Å²) in [6.45, 7) is 3.67. The van der Waals surface area contributed by atoms with Gasteiger partial charge in [0.15, 0.2) is 0 Å². The van der Waals surface area contributed by atoms with Crippen molar-refractivity contribution < 1.29 is 33.0 Å². The van der Waals surface area contributed by atoms with Crippen LogP contribution in [0.1, 0.15) is 56.9 Å². The standard InChI is InChI=1S/C38H48FN7O6S/c1-2-46-34(49)22-28(25-12-14-26(39)15-13-25)35(37(46)43-27-8-4-3-5-9-27)29(40)23-42-33(48)16-18-51-20-21-52-19-17-41-32(47)11-7-6-10-31-36-30(24-53-31)44-38(50)45-36/h3-5,8-9,12-15,24,28,31,36,40,43H,2,6-7,10-11,16-23H2,1H3,(H,41,47)(H,42,48)(H2,44,45,50)/t28-,31-,36?/m0/s1. The normalized spacial score (nSPS) is 19.3. The highest BCUT2D eigenvalue weighted by Gasteiger charge is 2.37. The number of urea groups is 1. The van der Waals surface area contributed by atoms with E-state index in [2.05, 4.69) is 26.6 Å². The van der Waals surface area contributed by atoms with E-state index in [1.807, 2.05) is 42.7 Å². The number of thioether (sulfide) groups is 1. The Hall–Kier alpha value is -4.73. The zero-order chi connectivity index (χ0) is 37.6. The molecule has 0 aromatic heterocycles. The van der Waals surface area contributed by atoms with E-state index in [-0.39, 0.29) is 68.1 Å². The second-order valence-electron chi connectivity index (χ2n) is 12.8. The maximum Gasteiger partial charge on any atom is 0.319 e. The van der Waals surface area contributed by atoms with Crippen LogP contribution >= 0.6 is 11.8 Å². The Morgan fingerprint density at radius 1 is 0.962 bits per heavy atom. The number of amides is 5. The molecule has 5 rings (SSSR count). The number of halogens is 1. The van der Waals surface area contributed by atoms with Gasteiger partial charge in [0.2, 0.25) is 17.7 Å². The van der Waals surface area contributed by atoms with Crippen LogP contribution in [-0.4, -0.2) is 91.7 Å². The maximum absolute atomic E-state index is 13.8. The molecule has 3 aliphatic heterocycles. The number of para-hydroxylation sites is 1. The number of benzene rings is 2. The first-order chi connectivity index (χ1) is 25.7. The Kier molecular flexibility index (Phi) is 14.8. The minimum Gasteiger partial charge on any atom is -0.379 e. The third-order valence-corrected chi connectivity index (χ3v) is 10.4. The van der Waals surface area contributed by atoms with Gasteiger partial charge in [-0.15, -0.1) is 11.8 Å². The van der Waals surface area contributed by atoms with Crippen LogP contribution in [0.5, 0.6) is 0 Å². The minimum absolute atomic E-state index is 0.0247. The van der Waals surface area contributed by atoms with Crippen LogP contribution < -0.4 is 26.6 Å². The monoisotopic (exact) mass is 749 g/mol. The van der Waals surface area contributed by atoms with Gasteiger partial charge in [-0.05, 0) is 55.0 Å². The molecule has 3 aliphatic rings. The molecule has 1 fully saturated rings. The summed E-state index contributed by atoms with van der Waals surface area (Å²) in [6, 6.07) is 15.2. The van der Waals surface area contributed by atoms with Gasteiger partial charge in [-0.3, -0.25) is 19.3 Å². The highest BCUT2D eigenvalue weighted by Crippen LogP contribution is 2.38. The van der Waals surface area contributed by atoms with E-state index in [1.54, 1.807) is 28.8 Å². The Balaban J connectivity index is 0.979. The highest BCUT2D eigenvalue weighted by molar-refractivity contribution is 8.03. The van der Waals surface area contributed by atoms with Gasteiger partial charge in [-0.2, -0.15) is 0 Å². The number of unbranched alkanes of at least 4 members (excludes halogenated alkanes) is 1. The first-order valence-electron chi connectivity index (χ1n) is 18.0. The summed E-state index contributed by atoms with van der Waals surface area (Å²) in [5.74, 6) is -0.870. The van der Waals surface area contributed by atoms with Crippen molar-refractivity contribution in [3.8, 4) is 0 Å². The predicted octanol–water partition coefficient (Wildman–Crippen LogP) is 4.36. The van der Waals surface area contributed by atoms with Crippen LogP contribution in [0.25, 0.3) is 0 Å². The Morgan fingerprint density at radius 3 is 2.45 bits per heavy atom. The molecule has 6 N–H and O–H groups in total. The fraction of sp³-hybridized carbons (Fsp3) is 0.447.